The lowest BCUT2D eigenvalue weighted by molar-refractivity contribution is -0.152. The highest BCUT2D eigenvalue weighted by Gasteiger charge is 2.27. The number of hydrogen-bond acceptors (Lipinski definition) is 5. The van der Waals surface area contributed by atoms with Gasteiger partial charge in [0.1, 0.15) is 0 Å². The summed E-state index contributed by atoms with van der Waals surface area (Å²) >= 11 is 0. The molecule has 0 spiro atoms. The number of hydrogen-bond donors (Lipinski definition) is 2. The van der Waals surface area contributed by atoms with Crippen LogP contribution in [0.25, 0.3) is 0 Å². The summed E-state index contributed by atoms with van der Waals surface area (Å²) in [4.78, 5) is 16.7. The summed E-state index contributed by atoms with van der Waals surface area (Å²) < 4.78 is 5.91. The molecule has 0 saturated carbocycles. The van der Waals surface area contributed by atoms with E-state index in [1.54, 1.807) is 14.0 Å². The molecule has 0 amide bonds. The Bertz CT molecular complexity index is 405. The van der Waals surface area contributed by atoms with Crippen molar-refractivity contribution in [1.29, 1.82) is 0 Å². The van der Waals surface area contributed by atoms with Gasteiger partial charge in [0.25, 0.3) is 0 Å². The molecule has 0 bridgehead atoms. The quantitative estimate of drug-likeness (QED) is 0.831. The maximum atomic E-state index is 11.8. The van der Waals surface area contributed by atoms with Crippen molar-refractivity contribution in [3.8, 4) is 11.8 Å². The zero-order valence-electron chi connectivity index (χ0n) is 11.0. The first-order valence-electron chi connectivity index (χ1n) is 5.64. The van der Waals surface area contributed by atoms with E-state index in [4.69, 9.17) is 9.57 Å². The van der Waals surface area contributed by atoms with Crippen molar-refractivity contribution in [2.45, 2.75) is 32.8 Å². The maximum Gasteiger partial charge on any atom is 0.336 e. The van der Waals surface area contributed by atoms with Crippen LogP contribution in [-0.2, 0) is 9.53 Å². The van der Waals surface area contributed by atoms with Crippen LogP contribution in [0.3, 0.4) is 0 Å². The molecule has 0 radical (unpaired) electrons. The number of carbonyl (C=O) groups excluding carboxylic acids is 1. The molecule has 6 heteroatoms. The molecule has 2 N–H and O–H groups in total. The molecule has 18 heavy (non-hydrogen) atoms. The van der Waals surface area contributed by atoms with Gasteiger partial charge in [-0.05, 0) is 20.3 Å². The number of methoxy groups -OCH3 is 1. The largest absolute Gasteiger partial charge is 0.492 e. The molecule has 1 aromatic rings. The summed E-state index contributed by atoms with van der Waals surface area (Å²) in [5.41, 5.74) is -0.445. The number of aromatic nitrogens is 1. The lowest BCUT2D eigenvalue weighted by Gasteiger charge is -2.25. The van der Waals surface area contributed by atoms with Crippen LogP contribution in [0.4, 0.5) is 0 Å². The Morgan fingerprint density at radius 1 is 1.39 bits per heavy atom. The van der Waals surface area contributed by atoms with E-state index in [1.807, 2.05) is 13.8 Å². The third kappa shape index (κ3) is 3.40. The second-order valence-electron chi connectivity index (χ2n) is 4.82. The Morgan fingerprint density at radius 3 is 2.33 bits per heavy atom. The minimum Gasteiger partial charge on any atom is -0.492 e. The fourth-order valence-electron chi connectivity index (χ4n) is 1.58. The number of nitrogens with zero attached hydrogens (tertiary/aromatic N) is 1. The van der Waals surface area contributed by atoms with Gasteiger partial charge in [0, 0.05) is 19.2 Å². The minimum absolute atomic E-state index is 0.334. The second kappa shape index (κ2) is 5.30. The third-order valence-electron chi connectivity index (χ3n) is 2.73. The summed E-state index contributed by atoms with van der Waals surface area (Å²) in [7, 11) is 1.57. The van der Waals surface area contributed by atoms with Crippen molar-refractivity contribution >= 4 is 5.97 Å². The molecular formula is C12H19NO5. The molecule has 1 atom stereocenters. The van der Waals surface area contributed by atoms with Crippen molar-refractivity contribution < 1.29 is 24.6 Å². The van der Waals surface area contributed by atoms with Crippen LogP contribution in [0.1, 0.15) is 27.2 Å². The van der Waals surface area contributed by atoms with Crippen LogP contribution in [0.15, 0.2) is 12.1 Å². The monoisotopic (exact) mass is 257 g/mol. The van der Waals surface area contributed by atoms with Gasteiger partial charge in [-0.15, -0.1) is 4.73 Å². The average molecular weight is 257 g/mol. The molecule has 6 nitrogen and oxygen atoms in total. The molecule has 0 aliphatic carbocycles. The maximum absolute atomic E-state index is 11.8. The summed E-state index contributed by atoms with van der Waals surface area (Å²) in [6.45, 7) is 5.42. The third-order valence-corrected chi connectivity index (χ3v) is 2.73. The molecule has 1 unspecified atom stereocenters. The predicted molar refractivity (Wildman–Crippen MR) is 64.2 cm³/mol. The average Bonchev–Trinajstić information content (AvgIpc) is 2.60. The molecule has 0 aliphatic rings. The summed E-state index contributed by atoms with van der Waals surface area (Å²) in [6, 6.07) is 2.46. The van der Waals surface area contributed by atoms with Crippen molar-refractivity contribution in [3.63, 3.8) is 0 Å². The summed E-state index contributed by atoms with van der Waals surface area (Å²) in [5.74, 6) is -1.65. The van der Waals surface area contributed by atoms with E-state index in [-0.39, 0.29) is 11.8 Å². The molecule has 1 aromatic heterocycles. The molecular weight excluding hydrogens is 238 g/mol. The lowest BCUT2D eigenvalue weighted by Crippen LogP contribution is -2.32. The first-order valence-corrected chi connectivity index (χ1v) is 5.64. The topological polar surface area (TPSA) is 80.9 Å². The molecule has 102 valence electrons. The molecule has 1 rings (SSSR count). The Balaban J connectivity index is 2.66. The highest BCUT2D eigenvalue weighted by Crippen LogP contribution is 2.22. The van der Waals surface area contributed by atoms with Gasteiger partial charge < -0.3 is 19.8 Å². The normalized spacial score (nSPS) is 13.3. The first kappa shape index (κ1) is 14.4. The van der Waals surface area contributed by atoms with Crippen LogP contribution in [-0.4, -0.2) is 33.6 Å². The highest BCUT2D eigenvalue weighted by atomic mass is 16.7. The van der Waals surface area contributed by atoms with E-state index < -0.39 is 17.5 Å². The van der Waals surface area contributed by atoms with Crippen molar-refractivity contribution in [2.24, 2.45) is 5.92 Å². The van der Waals surface area contributed by atoms with E-state index in [1.165, 1.54) is 12.1 Å². The smallest absolute Gasteiger partial charge is 0.336 e. The van der Waals surface area contributed by atoms with E-state index in [0.29, 0.717) is 11.2 Å². The first-order chi connectivity index (χ1) is 8.26. The van der Waals surface area contributed by atoms with Crippen LogP contribution in [0, 0.1) is 5.92 Å². The Morgan fingerprint density at radius 2 is 1.89 bits per heavy atom. The van der Waals surface area contributed by atoms with Crippen molar-refractivity contribution in [1.82, 2.24) is 4.73 Å². The lowest BCUT2D eigenvalue weighted by atomic mass is 9.95. The second-order valence-corrected chi connectivity index (χ2v) is 4.82. The van der Waals surface area contributed by atoms with E-state index >= 15 is 0 Å². The minimum atomic E-state index is -0.554. The Labute approximate surface area is 106 Å². The van der Waals surface area contributed by atoms with Gasteiger partial charge in [-0.2, -0.15) is 0 Å². The summed E-state index contributed by atoms with van der Waals surface area (Å²) in [5, 5.41) is 18.7. The summed E-state index contributed by atoms with van der Waals surface area (Å²) in [6.07, 6.45) is 0.463. The zero-order chi connectivity index (χ0) is 13.9. The van der Waals surface area contributed by atoms with Gasteiger partial charge >= 0.3 is 5.97 Å². The molecule has 0 aliphatic heterocycles. The van der Waals surface area contributed by atoms with E-state index in [9.17, 15) is 15.0 Å². The predicted octanol–water partition coefficient (Wildman–Crippen LogP) is 1.31. The number of carbonyl (C=O) groups is 1. The standard InChI is InChI=1S/C12H19NO5/c1-8(7-12(2,3)17-4)11(16)18-13-9(14)5-6-10(13)15/h5-6,8,14-15H,7H2,1-4H3. The van der Waals surface area contributed by atoms with Crippen LogP contribution >= 0.6 is 0 Å². The Kier molecular flexibility index (Phi) is 4.24. The van der Waals surface area contributed by atoms with E-state index in [0.717, 1.165) is 0 Å². The Hall–Kier alpha value is -1.69. The zero-order valence-corrected chi connectivity index (χ0v) is 11.0. The van der Waals surface area contributed by atoms with Crippen LogP contribution in [0.5, 0.6) is 11.8 Å². The molecule has 0 fully saturated rings. The SMILES string of the molecule is COC(C)(C)CC(C)C(=O)On1c(O)ccc1O. The fraction of sp³-hybridized carbons (Fsp3) is 0.583. The molecule has 1 heterocycles. The number of aromatic hydroxyl groups is 2. The van der Waals surface area contributed by atoms with Gasteiger partial charge in [0.15, 0.2) is 0 Å². The molecule has 0 aromatic carbocycles. The number of ether oxygens (including phenoxy) is 1. The van der Waals surface area contributed by atoms with Crippen LogP contribution in [0.2, 0.25) is 0 Å². The fourth-order valence-corrected chi connectivity index (χ4v) is 1.58. The van der Waals surface area contributed by atoms with Crippen molar-refractivity contribution in [2.75, 3.05) is 7.11 Å². The van der Waals surface area contributed by atoms with Crippen LogP contribution < -0.4 is 4.84 Å². The van der Waals surface area contributed by atoms with E-state index in [2.05, 4.69) is 0 Å². The number of rotatable bonds is 5. The van der Waals surface area contributed by atoms with Crippen molar-refractivity contribution in [3.05, 3.63) is 12.1 Å². The highest BCUT2D eigenvalue weighted by molar-refractivity contribution is 5.72. The van der Waals surface area contributed by atoms with Gasteiger partial charge in [0.05, 0.1) is 11.5 Å². The van der Waals surface area contributed by atoms with Gasteiger partial charge in [0.2, 0.25) is 11.8 Å². The van der Waals surface area contributed by atoms with Gasteiger partial charge in [-0.3, -0.25) is 0 Å². The van der Waals surface area contributed by atoms with Gasteiger partial charge in [-0.1, -0.05) is 6.92 Å². The van der Waals surface area contributed by atoms with Gasteiger partial charge in [-0.25, -0.2) is 4.79 Å². The molecule has 0 saturated heterocycles.